The molecule has 1 aliphatic carbocycles. The van der Waals surface area contributed by atoms with Gasteiger partial charge in [0, 0.05) is 6.42 Å². The summed E-state index contributed by atoms with van der Waals surface area (Å²) in [5.41, 5.74) is 2.74. The molecule has 106 valence electrons. The van der Waals surface area contributed by atoms with Gasteiger partial charge in [0.25, 0.3) is 0 Å². The third-order valence-corrected chi connectivity index (χ3v) is 3.81. The molecule has 1 aliphatic rings. The van der Waals surface area contributed by atoms with E-state index >= 15 is 0 Å². The second-order valence-corrected chi connectivity index (χ2v) is 5.34. The van der Waals surface area contributed by atoms with Crippen molar-refractivity contribution in [3.8, 4) is 5.75 Å². The van der Waals surface area contributed by atoms with Crippen molar-refractivity contribution in [2.24, 2.45) is 0 Å². The van der Waals surface area contributed by atoms with Crippen LogP contribution in [0.5, 0.6) is 5.75 Å². The van der Waals surface area contributed by atoms with E-state index in [1.165, 1.54) is 12.1 Å². The molecule has 0 aliphatic heterocycles. The van der Waals surface area contributed by atoms with Crippen LogP contribution in [0.1, 0.15) is 29.9 Å². The molecule has 0 fully saturated rings. The zero-order valence-electron chi connectivity index (χ0n) is 11.4. The third-order valence-electron chi connectivity index (χ3n) is 3.81. The first-order valence-electron chi connectivity index (χ1n) is 6.90. The van der Waals surface area contributed by atoms with Crippen LogP contribution in [0.3, 0.4) is 0 Å². The van der Waals surface area contributed by atoms with Crippen LogP contribution in [-0.2, 0) is 4.79 Å². The Kier molecular flexibility index (Phi) is 3.57. The Morgan fingerprint density at radius 1 is 1.05 bits per heavy atom. The minimum Gasteiger partial charge on any atom is -0.508 e. The van der Waals surface area contributed by atoms with Gasteiger partial charge in [-0.3, -0.25) is 4.79 Å². The van der Waals surface area contributed by atoms with Crippen LogP contribution in [0.25, 0.3) is 5.57 Å². The zero-order chi connectivity index (χ0) is 14.8. The van der Waals surface area contributed by atoms with Crippen LogP contribution in [0.4, 0.5) is 4.39 Å². The van der Waals surface area contributed by atoms with E-state index in [0.717, 1.165) is 16.7 Å². The first-order chi connectivity index (χ1) is 10.1. The van der Waals surface area contributed by atoms with E-state index in [1.807, 2.05) is 6.07 Å². The van der Waals surface area contributed by atoms with Crippen molar-refractivity contribution < 1.29 is 14.3 Å². The van der Waals surface area contributed by atoms with Gasteiger partial charge in [0.1, 0.15) is 11.6 Å². The standard InChI is InChI=1S/C18H15FO2/c19-16-6-4-12(5-7-16)14-8-15(11-18(21)10-14)13-2-1-3-17(20)9-13/h1-7,9,11,14,20H,8,10H2. The van der Waals surface area contributed by atoms with Gasteiger partial charge in [0.15, 0.2) is 5.78 Å². The van der Waals surface area contributed by atoms with Crippen molar-refractivity contribution in [2.45, 2.75) is 18.8 Å². The SMILES string of the molecule is O=C1C=C(c2cccc(O)c2)CC(c2ccc(F)cc2)C1. The first kappa shape index (κ1) is 13.6. The van der Waals surface area contributed by atoms with Gasteiger partial charge in [-0.15, -0.1) is 0 Å². The van der Waals surface area contributed by atoms with Gasteiger partial charge in [0.2, 0.25) is 0 Å². The molecule has 2 aromatic carbocycles. The number of rotatable bonds is 2. The molecular weight excluding hydrogens is 267 g/mol. The number of benzene rings is 2. The number of carbonyl (C=O) groups excluding carboxylic acids is 1. The zero-order valence-corrected chi connectivity index (χ0v) is 11.4. The summed E-state index contributed by atoms with van der Waals surface area (Å²) in [5.74, 6) is 0.0313. The van der Waals surface area contributed by atoms with Crippen molar-refractivity contribution in [1.29, 1.82) is 0 Å². The molecule has 2 nitrogen and oxygen atoms in total. The summed E-state index contributed by atoms with van der Waals surface area (Å²) < 4.78 is 13.0. The van der Waals surface area contributed by atoms with Crippen LogP contribution in [0, 0.1) is 5.82 Å². The summed E-state index contributed by atoms with van der Waals surface area (Å²) in [6, 6.07) is 13.2. The second-order valence-electron chi connectivity index (χ2n) is 5.34. The monoisotopic (exact) mass is 282 g/mol. The van der Waals surface area contributed by atoms with Gasteiger partial charge in [-0.2, -0.15) is 0 Å². The van der Waals surface area contributed by atoms with Gasteiger partial charge < -0.3 is 5.11 Å². The minimum atomic E-state index is -0.273. The summed E-state index contributed by atoms with van der Waals surface area (Å²) in [7, 11) is 0. The fourth-order valence-corrected chi connectivity index (χ4v) is 2.77. The molecule has 0 radical (unpaired) electrons. The van der Waals surface area contributed by atoms with Gasteiger partial charge in [-0.05, 0) is 59.4 Å². The Hall–Kier alpha value is -2.42. The maximum absolute atomic E-state index is 13.0. The van der Waals surface area contributed by atoms with Gasteiger partial charge in [0.05, 0.1) is 0 Å². The van der Waals surface area contributed by atoms with Crippen molar-refractivity contribution in [1.82, 2.24) is 0 Å². The number of carbonyl (C=O) groups is 1. The lowest BCUT2D eigenvalue weighted by atomic mass is 9.81. The van der Waals surface area contributed by atoms with Gasteiger partial charge >= 0.3 is 0 Å². The fourth-order valence-electron chi connectivity index (χ4n) is 2.77. The Balaban J connectivity index is 1.90. The molecule has 1 atom stereocenters. The first-order valence-corrected chi connectivity index (χ1v) is 6.90. The van der Waals surface area contributed by atoms with Crippen molar-refractivity contribution in [3.63, 3.8) is 0 Å². The van der Waals surface area contributed by atoms with E-state index in [9.17, 15) is 14.3 Å². The van der Waals surface area contributed by atoms with E-state index in [4.69, 9.17) is 0 Å². The van der Waals surface area contributed by atoms with Gasteiger partial charge in [-0.1, -0.05) is 24.3 Å². The predicted molar refractivity (Wildman–Crippen MR) is 79.5 cm³/mol. The molecule has 0 amide bonds. The summed E-state index contributed by atoms with van der Waals surface area (Å²) in [5, 5.41) is 9.57. The van der Waals surface area contributed by atoms with Crippen molar-refractivity contribution in [2.75, 3.05) is 0 Å². The average Bonchev–Trinajstić information content (AvgIpc) is 2.47. The summed E-state index contributed by atoms with van der Waals surface area (Å²) >= 11 is 0. The largest absolute Gasteiger partial charge is 0.508 e. The maximum atomic E-state index is 13.0. The van der Waals surface area contributed by atoms with Crippen molar-refractivity contribution >= 4 is 11.4 Å². The molecule has 1 N–H and O–H groups in total. The Bertz CT molecular complexity index is 701. The molecule has 0 saturated carbocycles. The molecule has 0 spiro atoms. The van der Waals surface area contributed by atoms with Crippen LogP contribution in [0.2, 0.25) is 0 Å². The number of hydrogen-bond acceptors (Lipinski definition) is 2. The lowest BCUT2D eigenvalue weighted by Gasteiger charge is -2.22. The smallest absolute Gasteiger partial charge is 0.156 e. The van der Waals surface area contributed by atoms with Gasteiger partial charge in [-0.25, -0.2) is 4.39 Å². The second kappa shape index (κ2) is 5.52. The highest BCUT2D eigenvalue weighted by Gasteiger charge is 2.23. The van der Waals surface area contributed by atoms with Crippen molar-refractivity contribution in [3.05, 3.63) is 71.6 Å². The van der Waals surface area contributed by atoms with Crippen LogP contribution in [0.15, 0.2) is 54.6 Å². The predicted octanol–water partition coefficient (Wildman–Crippen LogP) is 4.06. The minimum absolute atomic E-state index is 0.0560. The van der Waals surface area contributed by atoms with E-state index in [1.54, 1.807) is 36.4 Å². The molecule has 1 unspecified atom stereocenters. The number of phenolic OH excluding ortho intramolecular Hbond substituents is 1. The maximum Gasteiger partial charge on any atom is 0.156 e. The summed E-state index contributed by atoms with van der Waals surface area (Å²) in [4.78, 5) is 12.0. The topological polar surface area (TPSA) is 37.3 Å². The molecule has 0 saturated heterocycles. The third kappa shape index (κ3) is 3.02. The highest BCUT2D eigenvalue weighted by Crippen LogP contribution is 2.36. The number of halogens is 1. The summed E-state index contributed by atoms with van der Waals surface area (Å²) in [6.07, 6.45) is 2.80. The molecule has 2 aromatic rings. The van der Waals surface area contributed by atoms with E-state index in [0.29, 0.717) is 12.8 Å². The quantitative estimate of drug-likeness (QED) is 0.901. The average molecular weight is 282 g/mol. The Labute approximate surface area is 122 Å². The lowest BCUT2D eigenvalue weighted by Crippen LogP contribution is -2.12. The molecule has 0 aromatic heterocycles. The number of ketones is 1. The number of aromatic hydroxyl groups is 1. The lowest BCUT2D eigenvalue weighted by molar-refractivity contribution is -0.115. The van der Waals surface area contributed by atoms with Crippen LogP contribution >= 0.6 is 0 Å². The molecular formula is C18H15FO2. The van der Waals surface area contributed by atoms with E-state index in [-0.39, 0.29) is 23.3 Å². The molecule has 21 heavy (non-hydrogen) atoms. The van der Waals surface area contributed by atoms with Crippen LogP contribution < -0.4 is 0 Å². The van der Waals surface area contributed by atoms with Crippen LogP contribution in [-0.4, -0.2) is 10.9 Å². The number of hydrogen-bond donors (Lipinski definition) is 1. The fraction of sp³-hybridized carbons (Fsp3) is 0.167. The highest BCUT2D eigenvalue weighted by molar-refractivity contribution is 5.99. The Morgan fingerprint density at radius 3 is 2.52 bits per heavy atom. The highest BCUT2D eigenvalue weighted by atomic mass is 19.1. The van der Waals surface area contributed by atoms with E-state index < -0.39 is 0 Å². The Morgan fingerprint density at radius 2 is 1.81 bits per heavy atom. The normalized spacial score (nSPS) is 18.4. The number of allylic oxidation sites excluding steroid dienone is 2. The molecule has 0 bridgehead atoms. The number of phenols is 1. The molecule has 3 heteroatoms. The van der Waals surface area contributed by atoms with E-state index in [2.05, 4.69) is 0 Å². The summed E-state index contributed by atoms with van der Waals surface area (Å²) in [6.45, 7) is 0. The molecule has 3 rings (SSSR count). The molecule has 0 heterocycles.